The predicted octanol–water partition coefficient (Wildman–Crippen LogP) is 4.10. The van der Waals surface area contributed by atoms with E-state index in [4.69, 9.17) is 21.4 Å². The molecule has 6 heteroatoms. The molecule has 1 aromatic carbocycles. The van der Waals surface area contributed by atoms with Gasteiger partial charge in [-0.3, -0.25) is 4.79 Å². The van der Waals surface area contributed by atoms with Gasteiger partial charge in [0.1, 0.15) is 0 Å². The van der Waals surface area contributed by atoms with E-state index in [9.17, 15) is 4.79 Å². The minimum Gasteiger partial charge on any atom is -0.429 e. The van der Waals surface area contributed by atoms with E-state index in [1.807, 2.05) is 6.07 Å². The van der Waals surface area contributed by atoms with Crippen LogP contribution in [0.5, 0.6) is 0 Å². The number of hydrogen-bond donors (Lipinski definition) is 2. The Bertz CT molecular complexity index is 798. The van der Waals surface area contributed by atoms with Gasteiger partial charge < -0.3 is 19.5 Å². The van der Waals surface area contributed by atoms with Gasteiger partial charge in [-0.1, -0.05) is 19.3 Å². The Morgan fingerprint density at radius 1 is 1.29 bits per heavy atom. The Morgan fingerprint density at radius 2 is 2.12 bits per heavy atom. The van der Waals surface area contributed by atoms with E-state index in [1.54, 1.807) is 12.1 Å². The van der Waals surface area contributed by atoms with Gasteiger partial charge >= 0.3 is 0 Å². The number of carbonyl (C=O) groups excluding carboxylic acids is 1. The smallest absolute Gasteiger partial charge is 0.266 e. The molecule has 24 heavy (non-hydrogen) atoms. The van der Waals surface area contributed by atoms with Crippen LogP contribution in [0.3, 0.4) is 0 Å². The lowest BCUT2D eigenvalue weighted by atomic mass is 9.78. The Hall–Kier alpha value is -1.66. The maximum Gasteiger partial charge on any atom is 0.266 e. The number of fused-ring (bicyclic) bond motifs is 1. The summed E-state index contributed by atoms with van der Waals surface area (Å²) in [7, 11) is 0. The largest absolute Gasteiger partial charge is 0.429 e. The normalized spacial score (nSPS) is 23.4. The van der Waals surface area contributed by atoms with Gasteiger partial charge in [0.2, 0.25) is 0 Å². The predicted molar refractivity (Wildman–Crippen MR) is 93.7 cm³/mol. The fraction of sp³-hybridized carbons (Fsp3) is 0.556. The zero-order valence-corrected chi connectivity index (χ0v) is 14.4. The average molecular weight is 346 g/mol. The van der Waals surface area contributed by atoms with Crippen molar-refractivity contribution in [3.8, 4) is 0 Å². The van der Waals surface area contributed by atoms with Crippen molar-refractivity contribution in [1.29, 1.82) is 0 Å². The van der Waals surface area contributed by atoms with E-state index < -0.39 is 0 Å². The molecule has 1 saturated carbocycles. The summed E-state index contributed by atoms with van der Waals surface area (Å²) in [5, 5.41) is 3.18. The molecule has 1 spiro atoms. The summed E-state index contributed by atoms with van der Waals surface area (Å²) in [4.78, 5) is 15.9. The maximum atomic E-state index is 12.6. The van der Waals surface area contributed by atoms with E-state index in [0.29, 0.717) is 16.0 Å². The van der Waals surface area contributed by atoms with Gasteiger partial charge in [-0.05, 0) is 56.1 Å². The van der Waals surface area contributed by atoms with Crippen molar-refractivity contribution in [3.63, 3.8) is 0 Å². The molecule has 128 valence electrons. The Morgan fingerprint density at radius 3 is 2.96 bits per heavy atom. The van der Waals surface area contributed by atoms with Gasteiger partial charge in [-0.2, -0.15) is 0 Å². The van der Waals surface area contributed by atoms with Gasteiger partial charge in [0.15, 0.2) is 5.58 Å². The van der Waals surface area contributed by atoms with E-state index in [-0.39, 0.29) is 17.6 Å². The van der Waals surface area contributed by atoms with Gasteiger partial charge in [-0.15, -0.1) is 0 Å². The highest BCUT2D eigenvalue weighted by Gasteiger charge is 2.38. The SMILES string of the molecule is O=C(N[C@@H]1CCOC2(CCCCC2)C1)c1ccc2[nH]c(=S)oc2c1. The number of nitrogens with one attached hydrogen (secondary N) is 2. The van der Waals surface area contributed by atoms with Crippen LogP contribution in [0.4, 0.5) is 0 Å². The monoisotopic (exact) mass is 346 g/mol. The molecular formula is C18H22N2O3S. The lowest BCUT2D eigenvalue weighted by molar-refractivity contribution is -0.107. The molecule has 0 unspecified atom stereocenters. The van der Waals surface area contributed by atoms with Crippen molar-refractivity contribution in [2.45, 2.75) is 56.6 Å². The molecule has 2 N–H and O–H groups in total. The zero-order chi connectivity index (χ0) is 16.6. The van der Waals surface area contributed by atoms with Crippen LogP contribution >= 0.6 is 12.2 Å². The molecular weight excluding hydrogens is 324 g/mol. The lowest BCUT2D eigenvalue weighted by Gasteiger charge is -2.43. The summed E-state index contributed by atoms with van der Waals surface area (Å²) in [5.41, 5.74) is 2.02. The van der Waals surface area contributed by atoms with Gasteiger partial charge in [-0.25, -0.2) is 0 Å². The summed E-state index contributed by atoms with van der Waals surface area (Å²) >= 11 is 4.98. The average Bonchev–Trinajstić information content (AvgIpc) is 2.94. The third-order valence-corrected chi connectivity index (χ3v) is 5.46. The highest BCUT2D eigenvalue weighted by molar-refractivity contribution is 7.71. The number of benzene rings is 1. The first kappa shape index (κ1) is 15.8. The quantitative estimate of drug-likeness (QED) is 0.803. The van der Waals surface area contributed by atoms with Crippen LogP contribution in [0, 0.1) is 4.84 Å². The number of ether oxygens (including phenoxy) is 1. The molecule has 1 saturated heterocycles. The second-order valence-electron chi connectivity index (χ2n) is 6.98. The Labute approximate surface area is 145 Å². The highest BCUT2D eigenvalue weighted by atomic mass is 32.1. The van der Waals surface area contributed by atoms with E-state index in [0.717, 1.165) is 37.8 Å². The van der Waals surface area contributed by atoms with Crippen molar-refractivity contribution >= 4 is 29.2 Å². The molecule has 2 heterocycles. The van der Waals surface area contributed by atoms with E-state index in [2.05, 4.69) is 10.3 Å². The Kier molecular flexibility index (Phi) is 4.18. The van der Waals surface area contributed by atoms with Crippen LogP contribution in [0.25, 0.3) is 11.1 Å². The van der Waals surface area contributed by atoms with Crippen molar-refractivity contribution in [3.05, 3.63) is 28.6 Å². The van der Waals surface area contributed by atoms with E-state index in [1.165, 1.54) is 19.3 Å². The second kappa shape index (κ2) is 6.33. The van der Waals surface area contributed by atoms with Crippen molar-refractivity contribution in [2.75, 3.05) is 6.61 Å². The lowest BCUT2D eigenvalue weighted by Crippen LogP contribution is -2.49. The first-order chi connectivity index (χ1) is 11.6. The van der Waals surface area contributed by atoms with Gasteiger partial charge in [0, 0.05) is 18.2 Å². The van der Waals surface area contributed by atoms with Gasteiger partial charge in [0.25, 0.3) is 10.7 Å². The van der Waals surface area contributed by atoms with Gasteiger partial charge in [0.05, 0.1) is 11.1 Å². The third-order valence-electron chi connectivity index (χ3n) is 5.28. The second-order valence-corrected chi connectivity index (χ2v) is 7.35. The topological polar surface area (TPSA) is 67.3 Å². The molecule has 2 fully saturated rings. The fourth-order valence-corrected chi connectivity index (χ4v) is 4.25. The van der Waals surface area contributed by atoms with Crippen LogP contribution in [0.1, 0.15) is 55.3 Å². The molecule has 1 aliphatic carbocycles. The highest BCUT2D eigenvalue weighted by Crippen LogP contribution is 2.38. The number of aromatic amines is 1. The van der Waals surface area contributed by atoms with Crippen molar-refractivity contribution in [2.24, 2.45) is 0 Å². The molecule has 2 aliphatic rings. The number of H-pyrrole nitrogens is 1. The number of rotatable bonds is 2. The van der Waals surface area contributed by atoms with Crippen LogP contribution < -0.4 is 5.32 Å². The standard InChI is InChI=1S/C18H22N2O3S/c21-16(12-4-5-14-15(10-12)23-17(24)20-14)19-13-6-9-22-18(11-13)7-2-1-3-8-18/h4-5,10,13H,1-3,6-9,11H2,(H,19,21)(H,20,24)/t13-/m1/s1. The molecule has 0 bridgehead atoms. The molecule has 1 amide bonds. The number of oxazole rings is 1. The van der Waals surface area contributed by atoms with Crippen LogP contribution in [0.15, 0.2) is 22.6 Å². The van der Waals surface area contributed by atoms with E-state index >= 15 is 0 Å². The molecule has 1 aromatic heterocycles. The number of amides is 1. The summed E-state index contributed by atoms with van der Waals surface area (Å²) in [6, 6.07) is 5.55. The first-order valence-corrected chi connectivity index (χ1v) is 9.12. The molecule has 0 radical (unpaired) electrons. The molecule has 5 nitrogen and oxygen atoms in total. The first-order valence-electron chi connectivity index (χ1n) is 8.71. The maximum absolute atomic E-state index is 12.6. The molecule has 1 atom stereocenters. The summed E-state index contributed by atoms with van der Waals surface area (Å²) in [6.45, 7) is 0.733. The van der Waals surface area contributed by atoms with Crippen LogP contribution in [-0.4, -0.2) is 29.1 Å². The molecule has 1 aliphatic heterocycles. The molecule has 4 rings (SSSR count). The van der Waals surface area contributed by atoms with Crippen LogP contribution in [-0.2, 0) is 4.74 Å². The minimum atomic E-state index is -0.0583. The fourth-order valence-electron chi connectivity index (χ4n) is 4.05. The minimum absolute atomic E-state index is 0.00833. The summed E-state index contributed by atoms with van der Waals surface area (Å²) in [5.74, 6) is -0.0583. The Balaban J connectivity index is 1.47. The summed E-state index contributed by atoms with van der Waals surface area (Å²) < 4.78 is 11.5. The van der Waals surface area contributed by atoms with Crippen molar-refractivity contribution < 1.29 is 13.9 Å². The zero-order valence-electron chi connectivity index (χ0n) is 13.6. The number of carbonyl (C=O) groups is 1. The van der Waals surface area contributed by atoms with Crippen LogP contribution in [0.2, 0.25) is 0 Å². The molecule has 2 aromatic rings. The summed E-state index contributed by atoms with van der Waals surface area (Å²) in [6.07, 6.45) is 7.80. The number of aromatic nitrogens is 1. The number of hydrogen-bond acceptors (Lipinski definition) is 4. The van der Waals surface area contributed by atoms with Crippen molar-refractivity contribution in [1.82, 2.24) is 10.3 Å². The third kappa shape index (κ3) is 3.13.